The molecule has 4 aromatic carbocycles. The summed E-state index contributed by atoms with van der Waals surface area (Å²) in [6.07, 6.45) is 0. The number of rotatable bonds is 0. The van der Waals surface area contributed by atoms with Crippen molar-refractivity contribution < 1.29 is 0 Å². The summed E-state index contributed by atoms with van der Waals surface area (Å²) in [7, 11) is 0. The van der Waals surface area contributed by atoms with Crippen molar-refractivity contribution in [2.45, 2.75) is 13.8 Å². The smallest absolute Gasteiger partial charge is 0.00963 e. The fraction of sp³-hybridized carbons (Fsp3) is 0.0769. The van der Waals surface area contributed by atoms with Crippen LogP contribution in [-0.2, 0) is 0 Å². The third-order valence-corrected chi connectivity index (χ3v) is 5.36. The molecule has 4 aromatic rings. The molecule has 0 aliphatic heterocycles. The Morgan fingerprint density at radius 1 is 0.346 bits per heavy atom. The van der Waals surface area contributed by atoms with E-state index in [-0.39, 0.29) is 0 Å². The van der Waals surface area contributed by atoms with Gasteiger partial charge in [0.05, 0.1) is 0 Å². The van der Waals surface area contributed by atoms with Crippen LogP contribution in [0.3, 0.4) is 0 Å². The van der Waals surface area contributed by atoms with Gasteiger partial charge in [0, 0.05) is 0 Å². The van der Waals surface area contributed by atoms with Crippen molar-refractivity contribution >= 4 is 0 Å². The molecule has 1 aliphatic rings. The summed E-state index contributed by atoms with van der Waals surface area (Å²) in [4.78, 5) is 0. The molecule has 0 bridgehead atoms. The highest BCUT2D eigenvalue weighted by Crippen LogP contribution is 2.14. The Balaban J connectivity index is 2.44. The van der Waals surface area contributed by atoms with E-state index in [0.717, 1.165) is 0 Å². The minimum atomic E-state index is 1.29. The van der Waals surface area contributed by atoms with Crippen molar-refractivity contribution in [2.75, 3.05) is 0 Å². The molecule has 5 rings (SSSR count). The van der Waals surface area contributed by atoms with Crippen molar-refractivity contribution in [2.24, 2.45) is 0 Å². The van der Waals surface area contributed by atoms with E-state index >= 15 is 0 Å². The number of benzene rings is 4. The molecule has 0 saturated carbocycles. The molecule has 0 spiro atoms. The van der Waals surface area contributed by atoms with Crippen LogP contribution in [0.4, 0.5) is 0 Å². The Morgan fingerprint density at radius 2 is 0.654 bits per heavy atom. The third-order valence-electron chi connectivity index (χ3n) is 5.36. The van der Waals surface area contributed by atoms with Gasteiger partial charge in [-0.3, -0.25) is 0 Å². The zero-order valence-electron chi connectivity index (χ0n) is 15.1. The van der Waals surface area contributed by atoms with Crippen molar-refractivity contribution in [3.63, 3.8) is 0 Å². The molecular formula is C26H20. The molecule has 0 radical (unpaired) electrons. The Bertz CT molecular complexity index is 1430. The maximum Gasteiger partial charge on any atom is -0.00963 e. The molecule has 0 atom stereocenters. The molecule has 0 aromatic heterocycles. The van der Waals surface area contributed by atoms with Crippen LogP contribution in [0.1, 0.15) is 11.1 Å². The van der Waals surface area contributed by atoms with Crippen LogP contribution in [0.15, 0.2) is 84.9 Å². The molecule has 0 heterocycles. The van der Waals surface area contributed by atoms with E-state index in [1.807, 2.05) is 0 Å². The van der Waals surface area contributed by atoms with E-state index < -0.39 is 0 Å². The third kappa shape index (κ3) is 2.23. The molecule has 0 N–H and O–H groups in total. The van der Waals surface area contributed by atoms with E-state index in [0.29, 0.717) is 0 Å². The van der Waals surface area contributed by atoms with Gasteiger partial charge in [-0.2, -0.15) is 0 Å². The maximum absolute atomic E-state index is 2.33. The van der Waals surface area contributed by atoms with Crippen molar-refractivity contribution in [1.82, 2.24) is 0 Å². The highest BCUT2D eigenvalue weighted by molar-refractivity contribution is 5.32. The summed E-state index contributed by atoms with van der Waals surface area (Å²) >= 11 is 0. The highest BCUT2D eigenvalue weighted by atomic mass is 14.0. The average Bonchev–Trinajstić information content (AvgIpc) is 2.67. The van der Waals surface area contributed by atoms with Gasteiger partial charge in [-0.1, -0.05) is 96.1 Å². The zero-order chi connectivity index (χ0) is 17.7. The van der Waals surface area contributed by atoms with Crippen LogP contribution in [0, 0.1) is 55.6 Å². The monoisotopic (exact) mass is 332 g/mol. The zero-order valence-corrected chi connectivity index (χ0v) is 15.1. The molecule has 0 fully saturated rings. The van der Waals surface area contributed by atoms with Crippen LogP contribution in [0.25, 0.3) is 0 Å². The number of fused-ring (bicyclic) bond motifs is 4. The van der Waals surface area contributed by atoms with Crippen molar-refractivity contribution in [1.29, 1.82) is 0 Å². The summed E-state index contributed by atoms with van der Waals surface area (Å²) < 4.78 is 0. The van der Waals surface area contributed by atoms with Gasteiger partial charge in [0.2, 0.25) is 0 Å². The lowest BCUT2D eigenvalue weighted by atomic mass is 10.00. The second kappa shape index (κ2) is 5.71. The normalized spacial score (nSPS) is 11.5. The van der Waals surface area contributed by atoms with E-state index in [1.54, 1.807) is 0 Å². The van der Waals surface area contributed by atoms with Crippen LogP contribution in [0.5, 0.6) is 0 Å². The number of aryl methyl sites for hydroxylation is 2. The topological polar surface area (TPSA) is 0 Å². The van der Waals surface area contributed by atoms with Gasteiger partial charge in [-0.15, -0.1) is 0 Å². The molecule has 124 valence electrons. The van der Waals surface area contributed by atoms with E-state index in [4.69, 9.17) is 0 Å². The van der Waals surface area contributed by atoms with E-state index in [1.165, 1.54) is 52.9 Å². The van der Waals surface area contributed by atoms with Crippen LogP contribution >= 0.6 is 0 Å². The molecule has 1 aliphatic carbocycles. The Kier molecular flexibility index (Phi) is 3.33. The van der Waals surface area contributed by atoms with Gasteiger partial charge in [0.1, 0.15) is 0 Å². The maximum atomic E-state index is 2.33. The number of hydrogen-bond donors (Lipinski definition) is 0. The lowest BCUT2D eigenvalue weighted by Gasteiger charge is -2.04. The summed E-state index contributed by atoms with van der Waals surface area (Å²) in [6.45, 7) is 4.34. The minimum absolute atomic E-state index is 1.29. The standard InChI is InChI=1S/C26H20/c1-17-11-13-23-24-14-12-18(2)16-26(24)22-10-6-4-8-20(22)19-7-3-5-9-21(19)25(23)15-17/h3-16H,1-2H3. The number of hydrogen-bond acceptors (Lipinski definition) is 0. The minimum Gasteiger partial charge on any atom is -0.0616 e. The average molecular weight is 332 g/mol. The first-order valence-electron chi connectivity index (χ1n) is 9.13. The summed E-state index contributed by atoms with van der Waals surface area (Å²) in [6, 6.07) is 31.2. The lowest BCUT2D eigenvalue weighted by Crippen LogP contribution is -1.90. The predicted molar refractivity (Wildman–Crippen MR) is 106 cm³/mol. The molecule has 0 unspecified atom stereocenters. The van der Waals surface area contributed by atoms with E-state index in [9.17, 15) is 0 Å². The molecule has 0 nitrogen and oxygen atoms in total. The first-order chi connectivity index (χ1) is 12.7. The summed E-state index contributed by atoms with van der Waals surface area (Å²) in [5.74, 6) is 0. The summed E-state index contributed by atoms with van der Waals surface area (Å²) in [5, 5.41) is 10.5. The first-order valence-corrected chi connectivity index (χ1v) is 9.13. The fourth-order valence-electron chi connectivity index (χ4n) is 4.14. The second-order valence-electron chi connectivity index (χ2n) is 7.19. The molecular weight excluding hydrogens is 312 g/mol. The SMILES string of the molecule is Cc1ccc2c(c1)=c1ccccc1=c1ccccc1=c1cc(C)ccc1=2. The summed E-state index contributed by atoms with van der Waals surface area (Å²) in [5.41, 5.74) is 2.59. The van der Waals surface area contributed by atoms with Gasteiger partial charge >= 0.3 is 0 Å². The second-order valence-corrected chi connectivity index (χ2v) is 7.19. The quantitative estimate of drug-likeness (QED) is 0.338. The lowest BCUT2D eigenvalue weighted by molar-refractivity contribution is 1.26. The molecule has 26 heavy (non-hydrogen) atoms. The van der Waals surface area contributed by atoms with Gasteiger partial charge in [-0.05, 0) is 55.6 Å². The van der Waals surface area contributed by atoms with Crippen molar-refractivity contribution in [3.05, 3.63) is 138 Å². The largest absolute Gasteiger partial charge is 0.0616 e. The highest BCUT2D eigenvalue weighted by Gasteiger charge is 2.01. The van der Waals surface area contributed by atoms with Gasteiger partial charge in [-0.25, -0.2) is 0 Å². The Morgan fingerprint density at radius 3 is 1.04 bits per heavy atom. The first kappa shape index (κ1) is 15.2. The van der Waals surface area contributed by atoms with Crippen LogP contribution < -0.4 is 0 Å². The molecule has 0 amide bonds. The molecule has 0 heteroatoms. The van der Waals surface area contributed by atoms with Gasteiger partial charge < -0.3 is 0 Å². The fourth-order valence-corrected chi connectivity index (χ4v) is 4.14. The molecule has 0 saturated heterocycles. The van der Waals surface area contributed by atoms with Gasteiger partial charge in [0.25, 0.3) is 0 Å². The van der Waals surface area contributed by atoms with Crippen molar-refractivity contribution in [3.8, 4) is 0 Å². The Hall–Kier alpha value is -3.12. The Labute approximate surface area is 152 Å². The van der Waals surface area contributed by atoms with Crippen LogP contribution in [-0.4, -0.2) is 0 Å². The predicted octanol–water partition coefficient (Wildman–Crippen LogP) is 5.76. The van der Waals surface area contributed by atoms with Gasteiger partial charge in [0.15, 0.2) is 0 Å². The van der Waals surface area contributed by atoms with E-state index in [2.05, 4.69) is 98.8 Å². The van der Waals surface area contributed by atoms with Crippen LogP contribution in [0.2, 0.25) is 0 Å².